The van der Waals surface area contributed by atoms with Crippen molar-refractivity contribution in [1.82, 2.24) is 5.32 Å². The Morgan fingerprint density at radius 2 is 1.74 bits per heavy atom. The third kappa shape index (κ3) is 4.54. The highest BCUT2D eigenvalue weighted by Gasteiger charge is 2.07. The van der Waals surface area contributed by atoms with Gasteiger partial charge < -0.3 is 24.8 Å². The van der Waals surface area contributed by atoms with E-state index in [1.807, 2.05) is 24.3 Å². The number of benzene rings is 2. The van der Waals surface area contributed by atoms with Gasteiger partial charge in [0, 0.05) is 18.3 Å². The first-order valence-corrected chi connectivity index (χ1v) is 7.06. The van der Waals surface area contributed by atoms with Gasteiger partial charge in [-0.2, -0.15) is 0 Å². The molecule has 2 rings (SSSR count). The number of amides is 2. The van der Waals surface area contributed by atoms with Crippen molar-refractivity contribution < 1.29 is 19.0 Å². The summed E-state index contributed by atoms with van der Waals surface area (Å²) in [4.78, 5) is 12.0. The first-order chi connectivity index (χ1) is 11.2. The van der Waals surface area contributed by atoms with Gasteiger partial charge in [-0.25, -0.2) is 4.79 Å². The van der Waals surface area contributed by atoms with Crippen molar-refractivity contribution in [2.24, 2.45) is 0 Å². The summed E-state index contributed by atoms with van der Waals surface area (Å²) in [5.74, 6) is 1.91. The molecule has 0 saturated heterocycles. The van der Waals surface area contributed by atoms with Crippen molar-refractivity contribution in [2.75, 3.05) is 26.6 Å². The van der Waals surface area contributed by atoms with Crippen LogP contribution in [0, 0.1) is 0 Å². The van der Waals surface area contributed by atoms with E-state index in [2.05, 4.69) is 10.6 Å². The Bertz CT molecular complexity index is 673. The molecular weight excluding hydrogens is 296 g/mol. The summed E-state index contributed by atoms with van der Waals surface area (Å²) in [5.41, 5.74) is 1.57. The molecule has 0 saturated carbocycles. The van der Waals surface area contributed by atoms with Gasteiger partial charge in [0.25, 0.3) is 0 Å². The number of carbonyl (C=O) groups is 1. The number of carbonyl (C=O) groups excluding carboxylic acids is 1. The lowest BCUT2D eigenvalue weighted by atomic mass is 10.2. The number of ether oxygens (including phenoxy) is 3. The molecule has 0 unspecified atom stereocenters. The van der Waals surface area contributed by atoms with Gasteiger partial charge in [-0.3, -0.25) is 0 Å². The van der Waals surface area contributed by atoms with Gasteiger partial charge in [0.05, 0.1) is 21.3 Å². The third-order valence-corrected chi connectivity index (χ3v) is 3.23. The highest BCUT2D eigenvalue weighted by molar-refractivity contribution is 5.89. The topological polar surface area (TPSA) is 68.8 Å². The maximum Gasteiger partial charge on any atom is 0.319 e. The quantitative estimate of drug-likeness (QED) is 0.859. The zero-order chi connectivity index (χ0) is 16.7. The first kappa shape index (κ1) is 16.5. The van der Waals surface area contributed by atoms with E-state index in [9.17, 15) is 4.79 Å². The Hall–Kier alpha value is -2.89. The van der Waals surface area contributed by atoms with E-state index in [4.69, 9.17) is 14.2 Å². The largest absolute Gasteiger partial charge is 0.497 e. The Morgan fingerprint density at radius 1 is 0.957 bits per heavy atom. The highest BCUT2D eigenvalue weighted by Crippen LogP contribution is 2.29. The maximum absolute atomic E-state index is 12.0. The minimum atomic E-state index is -0.306. The summed E-state index contributed by atoms with van der Waals surface area (Å²) < 4.78 is 15.5. The summed E-state index contributed by atoms with van der Waals surface area (Å²) in [6.45, 7) is 0.399. The summed E-state index contributed by atoms with van der Waals surface area (Å²) >= 11 is 0. The minimum Gasteiger partial charge on any atom is -0.497 e. The van der Waals surface area contributed by atoms with Crippen LogP contribution in [0.1, 0.15) is 5.56 Å². The van der Waals surface area contributed by atoms with Crippen LogP contribution in [0.15, 0.2) is 42.5 Å². The highest BCUT2D eigenvalue weighted by atomic mass is 16.5. The molecule has 0 aromatic heterocycles. The van der Waals surface area contributed by atoms with Crippen LogP contribution in [0.4, 0.5) is 10.5 Å². The van der Waals surface area contributed by atoms with Gasteiger partial charge in [-0.15, -0.1) is 0 Å². The second-order valence-corrected chi connectivity index (χ2v) is 4.73. The molecule has 0 radical (unpaired) electrons. The minimum absolute atomic E-state index is 0.306. The normalized spacial score (nSPS) is 9.87. The van der Waals surface area contributed by atoms with Crippen LogP contribution in [-0.2, 0) is 6.54 Å². The summed E-state index contributed by atoms with van der Waals surface area (Å²) in [7, 11) is 4.71. The second-order valence-electron chi connectivity index (χ2n) is 4.73. The Morgan fingerprint density at radius 3 is 2.43 bits per heavy atom. The molecule has 0 spiro atoms. The lowest BCUT2D eigenvalue weighted by molar-refractivity contribution is 0.251. The number of hydrogen-bond acceptors (Lipinski definition) is 4. The number of hydrogen-bond donors (Lipinski definition) is 2. The Labute approximate surface area is 135 Å². The molecule has 0 aliphatic carbocycles. The predicted octanol–water partition coefficient (Wildman–Crippen LogP) is 3.03. The van der Waals surface area contributed by atoms with Crippen molar-refractivity contribution in [3.63, 3.8) is 0 Å². The van der Waals surface area contributed by atoms with Gasteiger partial charge in [0.1, 0.15) is 5.75 Å². The fourth-order valence-corrected chi connectivity index (χ4v) is 2.05. The average Bonchev–Trinajstić information content (AvgIpc) is 2.60. The number of rotatable bonds is 6. The standard InChI is InChI=1S/C17H20N2O4/c1-21-14-6-4-5-12(9-14)11-18-17(20)19-13-7-8-15(22-2)16(10-13)23-3/h4-10H,11H2,1-3H3,(H2,18,19,20). The molecule has 0 atom stereocenters. The van der Waals surface area contributed by atoms with Gasteiger partial charge >= 0.3 is 6.03 Å². The maximum atomic E-state index is 12.0. The smallest absolute Gasteiger partial charge is 0.319 e. The fraction of sp³-hybridized carbons (Fsp3) is 0.235. The summed E-state index contributed by atoms with van der Waals surface area (Å²) in [6, 6.07) is 12.4. The monoisotopic (exact) mass is 316 g/mol. The van der Waals surface area contributed by atoms with Crippen molar-refractivity contribution in [3.8, 4) is 17.2 Å². The SMILES string of the molecule is COc1cccc(CNC(=O)Nc2ccc(OC)c(OC)c2)c1. The summed E-state index contributed by atoms with van der Waals surface area (Å²) in [5, 5.41) is 5.54. The molecule has 2 aromatic carbocycles. The molecule has 0 bridgehead atoms. The van der Waals surface area contributed by atoms with Crippen LogP contribution in [0.25, 0.3) is 0 Å². The van der Waals surface area contributed by atoms with Gasteiger partial charge in [0.15, 0.2) is 11.5 Å². The molecule has 6 heteroatoms. The predicted molar refractivity (Wildman–Crippen MR) is 88.4 cm³/mol. The summed E-state index contributed by atoms with van der Waals surface area (Å²) in [6.07, 6.45) is 0. The van der Waals surface area contributed by atoms with E-state index in [-0.39, 0.29) is 6.03 Å². The zero-order valence-electron chi connectivity index (χ0n) is 13.4. The first-order valence-electron chi connectivity index (χ1n) is 7.06. The molecule has 6 nitrogen and oxygen atoms in total. The van der Waals surface area contributed by atoms with Crippen molar-refractivity contribution in [2.45, 2.75) is 6.54 Å². The molecule has 23 heavy (non-hydrogen) atoms. The van der Waals surface area contributed by atoms with Gasteiger partial charge in [-0.1, -0.05) is 12.1 Å². The van der Waals surface area contributed by atoms with Crippen LogP contribution in [0.2, 0.25) is 0 Å². The van der Waals surface area contributed by atoms with Crippen molar-refractivity contribution in [3.05, 3.63) is 48.0 Å². The van der Waals surface area contributed by atoms with Crippen LogP contribution >= 0.6 is 0 Å². The molecule has 2 N–H and O–H groups in total. The van der Waals surface area contributed by atoms with Crippen LogP contribution in [0.3, 0.4) is 0 Å². The average molecular weight is 316 g/mol. The lowest BCUT2D eigenvalue weighted by Crippen LogP contribution is -2.28. The van der Waals surface area contributed by atoms with Gasteiger partial charge in [-0.05, 0) is 29.8 Å². The van der Waals surface area contributed by atoms with E-state index in [1.54, 1.807) is 39.5 Å². The van der Waals surface area contributed by atoms with E-state index < -0.39 is 0 Å². The van der Waals surface area contributed by atoms with E-state index in [0.717, 1.165) is 11.3 Å². The zero-order valence-corrected chi connectivity index (χ0v) is 13.4. The van der Waals surface area contributed by atoms with E-state index in [0.29, 0.717) is 23.7 Å². The lowest BCUT2D eigenvalue weighted by Gasteiger charge is -2.11. The number of urea groups is 1. The molecule has 0 fully saturated rings. The molecule has 2 amide bonds. The van der Waals surface area contributed by atoms with E-state index in [1.165, 1.54) is 0 Å². The van der Waals surface area contributed by atoms with Crippen molar-refractivity contribution in [1.29, 1.82) is 0 Å². The molecule has 0 heterocycles. The molecule has 0 aliphatic rings. The molecule has 2 aromatic rings. The van der Waals surface area contributed by atoms with Crippen LogP contribution in [0.5, 0.6) is 17.2 Å². The molecule has 122 valence electrons. The number of anilines is 1. The van der Waals surface area contributed by atoms with Crippen LogP contribution < -0.4 is 24.8 Å². The third-order valence-electron chi connectivity index (χ3n) is 3.23. The Balaban J connectivity index is 1.94. The van der Waals surface area contributed by atoms with Crippen LogP contribution in [-0.4, -0.2) is 27.4 Å². The Kier molecular flexibility index (Phi) is 5.68. The van der Waals surface area contributed by atoms with Gasteiger partial charge in [0.2, 0.25) is 0 Å². The van der Waals surface area contributed by atoms with Crippen molar-refractivity contribution >= 4 is 11.7 Å². The fourth-order valence-electron chi connectivity index (χ4n) is 2.05. The molecular formula is C17H20N2O4. The number of nitrogens with one attached hydrogen (secondary N) is 2. The second kappa shape index (κ2) is 7.93. The number of methoxy groups -OCH3 is 3. The molecule has 0 aliphatic heterocycles. The van der Waals surface area contributed by atoms with E-state index >= 15 is 0 Å².